The van der Waals surface area contributed by atoms with Gasteiger partial charge in [-0.05, 0) is 36.4 Å². The number of hydrogen-bond acceptors (Lipinski definition) is 1. The summed E-state index contributed by atoms with van der Waals surface area (Å²) in [5, 5.41) is 3.36. The lowest BCUT2D eigenvalue weighted by Crippen LogP contribution is -2.28. The molecule has 1 fully saturated rings. The zero-order chi connectivity index (χ0) is 9.80. The van der Waals surface area contributed by atoms with E-state index in [1.54, 1.807) is 0 Å². The van der Waals surface area contributed by atoms with E-state index in [0.29, 0.717) is 5.92 Å². The van der Waals surface area contributed by atoms with Gasteiger partial charge in [0.25, 0.3) is 0 Å². The number of halogens is 1. The minimum Gasteiger partial charge on any atom is -0.316 e. The van der Waals surface area contributed by atoms with Crippen molar-refractivity contribution in [2.24, 2.45) is 0 Å². The monoisotopic (exact) mass is 193 g/mol. The molecule has 0 saturated carbocycles. The molecule has 14 heavy (non-hydrogen) atoms. The number of nitrogens with one attached hydrogen (secondary N) is 1. The average molecular weight is 193 g/mol. The van der Waals surface area contributed by atoms with Crippen LogP contribution in [0.2, 0.25) is 0 Å². The van der Waals surface area contributed by atoms with E-state index >= 15 is 0 Å². The highest BCUT2D eigenvalue weighted by Gasteiger charge is 2.17. The highest BCUT2D eigenvalue weighted by atomic mass is 19.1. The molecule has 76 valence electrons. The summed E-state index contributed by atoms with van der Waals surface area (Å²) in [4.78, 5) is 0. The van der Waals surface area contributed by atoms with Crippen LogP contribution in [0.1, 0.15) is 29.9 Å². The molecule has 1 N–H and O–H groups in total. The molecular formula is C12H16FN. The first kappa shape index (κ1) is 9.66. The third kappa shape index (κ3) is 1.95. The van der Waals surface area contributed by atoms with Gasteiger partial charge in [0.15, 0.2) is 0 Å². The van der Waals surface area contributed by atoms with Gasteiger partial charge >= 0.3 is 0 Å². The van der Waals surface area contributed by atoms with Gasteiger partial charge in [-0.2, -0.15) is 0 Å². The van der Waals surface area contributed by atoms with Crippen LogP contribution < -0.4 is 5.32 Å². The molecule has 2 rings (SSSR count). The maximum atomic E-state index is 12.7. The third-order valence-electron chi connectivity index (χ3n) is 2.94. The van der Waals surface area contributed by atoms with Crippen LogP contribution in [0.3, 0.4) is 0 Å². The Kier molecular flexibility index (Phi) is 3.14. The zero-order valence-electron chi connectivity index (χ0n) is 8.30. The molecule has 0 bridgehead atoms. The minimum atomic E-state index is -0.341. The normalized spacial score (nSPS) is 22.2. The van der Waals surface area contributed by atoms with Gasteiger partial charge in [-0.15, -0.1) is 0 Å². The Morgan fingerprint density at radius 1 is 1.36 bits per heavy atom. The Hall–Kier alpha value is -0.890. The van der Waals surface area contributed by atoms with E-state index in [-0.39, 0.29) is 6.67 Å². The summed E-state index contributed by atoms with van der Waals surface area (Å²) in [6.07, 6.45) is 2.38. The fraction of sp³-hybridized carbons (Fsp3) is 0.500. The van der Waals surface area contributed by atoms with Crippen LogP contribution in [0.4, 0.5) is 4.39 Å². The van der Waals surface area contributed by atoms with Crippen LogP contribution in [-0.2, 0) is 6.67 Å². The second-order valence-electron chi connectivity index (χ2n) is 3.88. The first-order valence-corrected chi connectivity index (χ1v) is 5.26. The van der Waals surface area contributed by atoms with E-state index in [2.05, 4.69) is 11.4 Å². The molecule has 1 nitrogen and oxygen atoms in total. The Morgan fingerprint density at radius 2 is 2.21 bits per heavy atom. The molecular weight excluding hydrogens is 177 g/mol. The van der Waals surface area contributed by atoms with Gasteiger partial charge in [0.05, 0.1) is 0 Å². The lowest BCUT2D eigenvalue weighted by Gasteiger charge is -2.24. The number of hydrogen-bond donors (Lipinski definition) is 1. The van der Waals surface area contributed by atoms with Gasteiger partial charge < -0.3 is 5.32 Å². The summed E-state index contributed by atoms with van der Waals surface area (Å²) >= 11 is 0. The fourth-order valence-corrected chi connectivity index (χ4v) is 2.17. The minimum absolute atomic E-state index is 0.341. The molecule has 1 atom stereocenters. The maximum Gasteiger partial charge on any atom is 0.115 e. The van der Waals surface area contributed by atoms with Crippen molar-refractivity contribution in [1.29, 1.82) is 0 Å². The molecule has 1 aromatic rings. The Bertz CT molecular complexity index is 292. The van der Waals surface area contributed by atoms with Crippen LogP contribution >= 0.6 is 0 Å². The third-order valence-corrected chi connectivity index (χ3v) is 2.94. The van der Waals surface area contributed by atoms with Crippen LogP contribution in [0.15, 0.2) is 24.3 Å². The van der Waals surface area contributed by atoms with Gasteiger partial charge in [0, 0.05) is 6.54 Å². The SMILES string of the molecule is FCc1ccccc1C1CCCNC1. The molecule has 0 radical (unpaired) electrons. The molecule has 1 aromatic carbocycles. The number of alkyl halides is 1. The van der Waals surface area contributed by atoms with Crippen LogP contribution in [-0.4, -0.2) is 13.1 Å². The molecule has 1 aliphatic heterocycles. The topological polar surface area (TPSA) is 12.0 Å². The van der Waals surface area contributed by atoms with Gasteiger partial charge in [-0.3, -0.25) is 0 Å². The van der Waals surface area contributed by atoms with Crippen molar-refractivity contribution in [2.45, 2.75) is 25.4 Å². The first-order valence-electron chi connectivity index (χ1n) is 5.26. The Balaban J connectivity index is 2.20. The summed E-state index contributed by atoms with van der Waals surface area (Å²) in [7, 11) is 0. The van der Waals surface area contributed by atoms with Crippen LogP contribution in [0.5, 0.6) is 0 Å². The lowest BCUT2D eigenvalue weighted by atomic mass is 9.89. The van der Waals surface area contributed by atoms with Crippen LogP contribution in [0.25, 0.3) is 0 Å². The highest BCUT2D eigenvalue weighted by molar-refractivity contribution is 5.30. The molecule has 0 amide bonds. The van der Waals surface area contributed by atoms with Crippen molar-refractivity contribution in [3.63, 3.8) is 0 Å². The van der Waals surface area contributed by atoms with Crippen LogP contribution in [0, 0.1) is 0 Å². The second kappa shape index (κ2) is 4.56. The van der Waals surface area contributed by atoms with Crippen molar-refractivity contribution < 1.29 is 4.39 Å². The Morgan fingerprint density at radius 3 is 2.93 bits per heavy atom. The largest absolute Gasteiger partial charge is 0.316 e. The molecule has 2 heteroatoms. The highest BCUT2D eigenvalue weighted by Crippen LogP contribution is 2.26. The summed E-state index contributed by atoms with van der Waals surface area (Å²) in [6, 6.07) is 7.87. The predicted molar refractivity (Wildman–Crippen MR) is 56.1 cm³/mol. The van der Waals surface area contributed by atoms with Crippen molar-refractivity contribution in [1.82, 2.24) is 5.32 Å². The second-order valence-corrected chi connectivity index (χ2v) is 3.88. The summed E-state index contributed by atoms with van der Waals surface area (Å²) in [5.41, 5.74) is 2.06. The number of piperidine rings is 1. The molecule has 0 aromatic heterocycles. The number of rotatable bonds is 2. The molecule has 1 saturated heterocycles. The van der Waals surface area contributed by atoms with Gasteiger partial charge in [-0.25, -0.2) is 4.39 Å². The number of benzene rings is 1. The van der Waals surface area contributed by atoms with Crippen molar-refractivity contribution in [2.75, 3.05) is 13.1 Å². The van der Waals surface area contributed by atoms with E-state index in [9.17, 15) is 4.39 Å². The molecule has 1 heterocycles. The Labute approximate surface area is 84.3 Å². The van der Waals surface area contributed by atoms with E-state index in [1.807, 2.05) is 18.2 Å². The van der Waals surface area contributed by atoms with Crippen molar-refractivity contribution in [3.8, 4) is 0 Å². The van der Waals surface area contributed by atoms with Gasteiger partial charge in [0.1, 0.15) is 6.67 Å². The molecule has 1 unspecified atom stereocenters. The van der Waals surface area contributed by atoms with Gasteiger partial charge in [-0.1, -0.05) is 24.3 Å². The summed E-state index contributed by atoms with van der Waals surface area (Å²) < 4.78 is 12.7. The maximum absolute atomic E-state index is 12.7. The van der Waals surface area contributed by atoms with E-state index in [4.69, 9.17) is 0 Å². The zero-order valence-corrected chi connectivity index (χ0v) is 8.30. The molecule has 1 aliphatic rings. The fourth-order valence-electron chi connectivity index (χ4n) is 2.17. The lowest BCUT2D eigenvalue weighted by molar-refractivity contribution is 0.444. The average Bonchev–Trinajstić information content (AvgIpc) is 2.30. The smallest absolute Gasteiger partial charge is 0.115 e. The van der Waals surface area contributed by atoms with E-state index in [1.165, 1.54) is 18.4 Å². The quantitative estimate of drug-likeness (QED) is 0.761. The van der Waals surface area contributed by atoms with Crippen molar-refractivity contribution >= 4 is 0 Å². The molecule has 0 aliphatic carbocycles. The molecule has 0 spiro atoms. The van der Waals surface area contributed by atoms with E-state index in [0.717, 1.165) is 18.7 Å². The summed E-state index contributed by atoms with van der Waals surface area (Å²) in [6.45, 7) is 1.76. The predicted octanol–water partition coefficient (Wildman–Crippen LogP) is 2.62. The summed E-state index contributed by atoms with van der Waals surface area (Å²) in [5.74, 6) is 0.510. The first-order chi connectivity index (χ1) is 6.92. The standard InChI is InChI=1S/C12H16FN/c13-8-10-4-1-2-6-12(10)11-5-3-7-14-9-11/h1-2,4,6,11,14H,3,5,7-9H2. The van der Waals surface area contributed by atoms with E-state index < -0.39 is 0 Å². The van der Waals surface area contributed by atoms with Crippen molar-refractivity contribution in [3.05, 3.63) is 35.4 Å². The van der Waals surface area contributed by atoms with Gasteiger partial charge in [0.2, 0.25) is 0 Å².